The van der Waals surface area contributed by atoms with E-state index in [1.807, 2.05) is 18.2 Å². The van der Waals surface area contributed by atoms with E-state index >= 15 is 0 Å². The molecule has 0 unspecified atom stereocenters. The SMILES string of the molecule is NCc1ccccc1N1CCNC1=S. The molecule has 0 atom stereocenters. The zero-order chi connectivity index (χ0) is 9.97. The summed E-state index contributed by atoms with van der Waals surface area (Å²) in [4.78, 5) is 2.09. The van der Waals surface area contributed by atoms with Gasteiger partial charge in [0.15, 0.2) is 5.11 Å². The Bertz CT molecular complexity index is 351. The van der Waals surface area contributed by atoms with Gasteiger partial charge in [-0.3, -0.25) is 0 Å². The van der Waals surface area contributed by atoms with Crippen molar-refractivity contribution in [3.05, 3.63) is 29.8 Å². The number of nitrogens with zero attached hydrogens (tertiary/aromatic N) is 1. The van der Waals surface area contributed by atoms with Gasteiger partial charge < -0.3 is 16.0 Å². The molecule has 3 N–H and O–H groups in total. The van der Waals surface area contributed by atoms with Crippen LogP contribution in [0.5, 0.6) is 0 Å². The third kappa shape index (κ3) is 1.58. The zero-order valence-corrected chi connectivity index (χ0v) is 8.68. The van der Waals surface area contributed by atoms with Gasteiger partial charge in [0, 0.05) is 25.3 Å². The Morgan fingerprint density at radius 3 is 2.86 bits per heavy atom. The first-order valence-electron chi connectivity index (χ1n) is 4.66. The lowest BCUT2D eigenvalue weighted by molar-refractivity contribution is 0.965. The van der Waals surface area contributed by atoms with Crippen LogP contribution in [0.1, 0.15) is 5.56 Å². The third-order valence-electron chi connectivity index (χ3n) is 2.36. The van der Waals surface area contributed by atoms with Crippen LogP contribution in [0.4, 0.5) is 5.69 Å². The topological polar surface area (TPSA) is 41.3 Å². The molecule has 0 amide bonds. The molecule has 1 aromatic carbocycles. The fraction of sp³-hybridized carbons (Fsp3) is 0.300. The maximum Gasteiger partial charge on any atom is 0.173 e. The minimum atomic E-state index is 0.551. The summed E-state index contributed by atoms with van der Waals surface area (Å²) in [5.41, 5.74) is 7.94. The number of benzene rings is 1. The van der Waals surface area contributed by atoms with E-state index in [4.69, 9.17) is 18.0 Å². The fourth-order valence-corrected chi connectivity index (χ4v) is 1.94. The minimum Gasteiger partial charge on any atom is -0.360 e. The number of para-hydroxylation sites is 1. The average Bonchev–Trinajstić information content (AvgIpc) is 2.64. The second-order valence-electron chi connectivity index (χ2n) is 3.22. The van der Waals surface area contributed by atoms with Gasteiger partial charge in [-0.1, -0.05) is 18.2 Å². The van der Waals surface area contributed by atoms with Gasteiger partial charge in [-0.25, -0.2) is 0 Å². The molecule has 0 radical (unpaired) electrons. The van der Waals surface area contributed by atoms with Gasteiger partial charge in [-0.05, 0) is 23.8 Å². The Labute approximate surface area is 88.9 Å². The molecule has 1 heterocycles. The molecular formula is C10H13N3S. The molecule has 1 aliphatic heterocycles. The Hall–Kier alpha value is -1.13. The average molecular weight is 207 g/mol. The van der Waals surface area contributed by atoms with Gasteiger partial charge in [0.05, 0.1) is 0 Å². The molecule has 0 aromatic heterocycles. The van der Waals surface area contributed by atoms with Crippen LogP contribution in [0.2, 0.25) is 0 Å². The van der Waals surface area contributed by atoms with Gasteiger partial charge in [0.25, 0.3) is 0 Å². The van der Waals surface area contributed by atoms with Crippen LogP contribution in [-0.2, 0) is 6.54 Å². The Balaban J connectivity index is 2.35. The lowest BCUT2D eigenvalue weighted by Gasteiger charge is -2.19. The Morgan fingerprint density at radius 1 is 1.43 bits per heavy atom. The predicted octanol–water partition coefficient (Wildman–Crippen LogP) is 0.840. The normalized spacial score (nSPS) is 15.8. The summed E-state index contributed by atoms with van der Waals surface area (Å²) in [6.45, 7) is 2.39. The van der Waals surface area contributed by atoms with Crippen molar-refractivity contribution >= 4 is 23.0 Å². The van der Waals surface area contributed by atoms with Gasteiger partial charge in [-0.15, -0.1) is 0 Å². The third-order valence-corrected chi connectivity index (χ3v) is 2.72. The summed E-state index contributed by atoms with van der Waals surface area (Å²) in [7, 11) is 0. The molecule has 0 aliphatic carbocycles. The van der Waals surface area contributed by atoms with Gasteiger partial charge in [-0.2, -0.15) is 0 Å². The molecule has 14 heavy (non-hydrogen) atoms. The lowest BCUT2D eigenvalue weighted by Crippen LogP contribution is -2.28. The van der Waals surface area contributed by atoms with Gasteiger partial charge in [0.1, 0.15) is 0 Å². The van der Waals surface area contributed by atoms with Gasteiger partial charge in [0.2, 0.25) is 0 Å². The standard InChI is InChI=1S/C10H13N3S/c11-7-8-3-1-2-4-9(8)13-6-5-12-10(13)14/h1-4H,5-7,11H2,(H,12,14). The van der Waals surface area contributed by atoms with E-state index in [1.165, 1.54) is 0 Å². The van der Waals surface area contributed by atoms with Crippen LogP contribution in [0.3, 0.4) is 0 Å². The van der Waals surface area contributed by atoms with Crippen LogP contribution < -0.4 is 16.0 Å². The van der Waals surface area contributed by atoms with Crippen LogP contribution in [-0.4, -0.2) is 18.2 Å². The van der Waals surface area contributed by atoms with E-state index in [-0.39, 0.29) is 0 Å². The van der Waals surface area contributed by atoms with E-state index in [0.717, 1.165) is 29.5 Å². The van der Waals surface area contributed by atoms with Crippen molar-refractivity contribution in [2.45, 2.75) is 6.54 Å². The first-order valence-corrected chi connectivity index (χ1v) is 5.07. The van der Waals surface area contributed by atoms with E-state index in [0.29, 0.717) is 6.54 Å². The van der Waals surface area contributed by atoms with Crippen molar-refractivity contribution in [2.24, 2.45) is 5.73 Å². The molecule has 2 rings (SSSR count). The van der Waals surface area contributed by atoms with E-state index in [1.54, 1.807) is 0 Å². The molecule has 1 saturated heterocycles. The van der Waals surface area contributed by atoms with Gasteiger partial charge >= 0.3 is 0 Å². The quantitative estimate of drug-likeness (QED) is 0.705. The van der Waals surface area contributed by atoms with Crippen molar-refractivity contribution < 1.29 is 0 Å². The zero-order valence-electron chi connectivity index (χ0n) is 7.86. The molecule has 4 heteroatoms. The van der Waals surface area contributed by atoms with Crippen molar-refractivity contribution in [1.29, 1.82) is 0 Å². The number of nitrogens with two attached hydrogens (primary N) is 1. The fourth-order valence-electron chi connectivity index (χ4n) is 1.65. The van der Waals surface area contributed by atoms with Crippen molar-refractivity contribution in [1.82, 2.24) is 5.32 Å². The van der Waals surface area contributed by atoms with Crippen LogP contribution >= 0.6 is 12.2 Å². The van der Waals surface area contributed by atoms with E-state index in [9.17, 15) is 0 Å². The summed E-state index contributed by atoms with van der Waals surface area (Å²) in [6, 6.07) is 8.10. The summed E-state index contributed by atoms with van der Waals surface area (Å²) in [5, 5.41) is 3.93. The first kappa shape index (κ1) is 9.43. The number of anilines is 1. The van der Waals surface area contributed by atoms with Crippen molar-refractivity contribution in [2.75, 3.05) is 18.0 Å². The highest BCUT2D eigenvalue weighted by atomic mass is 32.1. The summed E-state index contributed by atoms with van der Waals surface area (Å²) < 4.78 is 0. The number of nitrogens with one attached hydrogen (secondary N) is 1. The second-order valence-corrected chi connectivity index (χ2v) is 3.60. The number of thiocarbonyl (C=S) groups is 1. The Morgan fingerprint density at radius 2 is 2.21 bits per heavy atom. The monoisotopic (exact) mass is 207 g/mol. The molecule has 0 spiro atoms. The molecule has 1 fully saturated rings. The van der Waals surface area contributed by atoms with Crippen LogP contribution in [0.15, 0.2) is 24.3 Å². The minimum absolute atomic E-state index is 0.551. The van der Waals surface area contributed by atoms with Crippen LogP contribution in [0, 0.1) is 0 Å². The summed E-state index contributed by atoms with van der Waals surface area (Å²) in [5.74, 6) is 0. The molecule has 1 aliphatic rings. The highest BCUT2D eigenvalue weighted by Crippen LogP contribution is 2.21. The molecule has 0 bridgehead atoms. The van der Waals surface area contributed by atoms with Crippen molar-refractivity contribution in [3.63, 3.8) is 0 Å². The summed E-state index contributed by atoms with van der Waals surface area (Å²) in [6.07, 6.45) is 0. The highest BCUT2D eigenvalue weighted by molar-refractivity contribution is 7.80. The molecular weight excluding hydrogens is 194 g/mol. The maximum atomic E-state index is 5.67. The predicted molar refractivity (Wildman–Crippen MR) is 62.3 cm³/mol. The molecule has 3 nitrogen and oxygen atoms in total. The summed E-state index contributed by atoms with van der Waals surface area (Å²) >= 11 is 5.20. The Kier molecular flexibility index (Phi) is 2.65. The highest BCUT2D eigenvalue weighted by Gasteiger charge is 2.19. The first-order chi connectivity index (χ1) is 6.83. The number of rotatable bonds is 2. The largest absolute Gasteiger partial charge is 0.360 e. The van der Waals surface area contributed by atoms with E-state index in [2.05, 4.69) is 16.3 Å². The maximum absolute atomic E-state index is 5.67. The van der Waals surface area contributed by atoms with Crippen LogP contribution in [0.25, 0.3) is 0 Å². The second kappa shape index (κ2) is 3.94. The smallest absolute Gasteiger partial charge is 0.173 e. The number of hydrogen-bond acceptors (Lipinski definition) is 2. The van der Waals surface area contributed by atoms with Crippen molar-refractivity contribution in [3.8, 4) is 0 Å². The molecule has 1 aromatic rings. The molecule has 0 saturated carbocycles. The lowest BCUT2D eigenvalue weighted by atomic mass is 10.1. The molecule has 74 valence electrons. The number of hydrogen-bond donors (Lipinski definition) is 2. The van der Waals surface area contributed by atoms with E-state index < -0.39 is 0 Å².